The molecule has 142 valence electrons. The Morgan fingerprint density at radius 2 is 1.85 bits per heavy atom. The first kappa shape index (κ1) is 18.8. The van der Waals surface area contributed by atoms with Crippen molar-refractivity contribution in [1.82, 2.24) is 0 Å². The molecule has 7 nitrogen and oxygen atoms in total. The summed E-state index contributed by atoms with van der Waals surface area (Å²) in [7, 11) is 1.46. The molecule has 0 spiro atoms. The number of hydrogen-bond acceptors (Lipinski definition) is 6. The first-order valence-corrected chi connectivity index (χ1v) is 8.61. The molecule has 1 atom stereocenters. The van der Waals surface area contributed by atoms with Crippen LogP contribution in [-0.2, 0) is 9.53 Å². The van der Waals surface area contributed by atoms with Crippen molar-refractivity contribution >= 4 is 29.2 Å². The van der Waals surface area contributed by atoms with Gasteiger partial charge in [-0.2, -0.15) is 0 Å². The fourth-order valence-corrected chi connectivity index (χ4v) is 2.58. The Hall–Kier alpha value is -2.93. The molecule has 1 heterocycles. The van der Waals surface area contributed by atoms with E-state index in [1.807, 2.05) is 0 Å². The molecule has 0 unspecified atom stereocenters. The van der Waals surface area contributed by atoms with Crippen LogP contribution in [0, 0.1) is 0 Å². The maximum absolute atomic E-state index is 12.4. The minimum absolute atomic E-state index is 0.197. The summed E-state index contributed by atoms with van der Waals surface area (Å²) in [4.78, 5) is 24.7. The lowest BCUT2D eigenvalue weighted by Gasteiger charge is -2.21. The number of amides is 1. The fourth-order valence-electron chi connectivity index (χ4n) is 2.45. The zero-order chi connectivity index (χ0) is 19.4. The molecule has 2 aromatic rings. The third-order valence-electron chi connectivity index (χ3n) is 3.83. The van der Waals surface area contributed by atoms with Crippen LogP contribution in [0.1, 0.15) is 17.3 Å². The monoisotopic (exact) mass is 391 g/mol. The molecular weight excluding hydrogens is 374 g/mol. The van der Waals surface area contributed by atoms with E-state index < -0.39 is 18.0 Å². The number of carbonyl (C=O) groups is 2. The molecule has 1 aliphatic rings. The van der Waals surface area contributed by atoms with Crippen LogP contribution in [0.5, 0.6) is 17.2 Å². The van der Waals surface area contributed by atoms with Gasteiger partial charge in [0.15, 0.2) is 17.6 Å². The first-order valence-electron chi connectivity index (χ1n) is 8.23. The van der Waals surface area contributed by atoms with E-state index in [0.717, 1.165) is 0 Å². The van der Waals surface area contributed by atoms with Gasteiger partial charge in [0.1, 0.15) is 13.2 Å². The molecule has 0 aromatic heterocycles. The lowest BCUT2D eigenvalue weighted by Crippen LogP contribution is -2.30. The molecule has 0 aliphatic carbocycles. The highest BCUT2D eigenvalue weighted by molar-refractivity contribution is 6.30. The van der Waals surface area contributed by atoms with Crippen molar-refractivity contribution in [3.05, 3.63) is 47.0 Å². The molecule has 1 amide bonds. The number of fused-ring (bicyclic) bond motifs is 1. The number of methoxy groups -OCH3 is 1. The fraction of sp³-hybridized carbons (Fsp3) is 0.263. The minimum Gasteiger partial charge on any atom is -0.493 e. The summed E-state index contributed by atoms with van der Waals surface area (Å²) in [6.07, 6.45) is -1.01. The Kier molecular flexibility index (Phi) is 5.71. The number of nitrogens with one attached hydrogen (secondary N) is 1. The van der Waals surface area contributed by atoms with Crippen molar-refractivity contribution in [2.75, 3.05) is 25.6 Å². The maximum atomic E-state index is 12.4. The van der Waals surface area contributed by atoms with Crippen molar-refractivity contribution < 1.29 is 28.5 Å². The minimum atomic E-state index is -1.01. The van der Waals surface area contributed by atoms with Gasteiger partial charge in [0.25, 0.3) is 5.91 Å². The van der Waals surface area contributed by atoms with Crippen LogP contribution < -0.4 is 19.5 Å². The van der Waals surface area contributed by atoms with Gasteiger partial charge in [-0.1, -0.05) is 11.6 Å². The maximum Gasteiger partial charge on any atom is 0.339 e. The van der Waals surface area contributed by atoms with Gasteiger partial charge in [-0.25, -0.2) is 4.79 Å². The van der Waals surface area contributed by atoms with Crippen LogP contribution in [0.2, 0.25) is 5.02 Å². The average molecular weight is 392 g/mol. The SMILES string of the molecule is COc1cc(C(=O)O[C@@H](C)C(=O)Nc2ccc(Cl)cc2)cc2c1OCCO2. The first-order chi connectivity index (χ1) is 13.0. The molecule has 1 N–H and O–H groups in total. The van der Waals surface area contributed by atoms with E-state index in [4.69, 9.17) is 30.5 Å². The number of rotatable bonds is 5. The van der Waals surface area contributed by atoms with Gasteiger partial charge >= 0.3 is 5.97 Å². The molecule has 0 saturated carbocycles. The highest BCUT2D eigenvalue weighted by atomic mass is 35.5. The van der Waals surface area contributed by atoms with Crippen LogP contribution in [0.4, 0.5) is 5.69 Å². The number of halogens is 1. The highest BCUT2D eigenvalue weighted by Crippen LogP contribution is 2.40. The highest BCUT2D eigenvalue weighted by Gasteiger charge is 2.24. The molecule has 0 fully saturated rings. The normalized spacial score (nSPS) is 13.4. The largest absolute Gasteiger partial charge is 0.493 e. The van der Waals surface area contributed by atoms with Gasteiger partial charge in [-0.15, -0.1) is 0 Å². The standard InChI is InChI=1S/C19H18ClNO6/c1-11(18(22)21-14-5-3-13(20)4-6-14)27-19(23)12-9-15(24-2)17-16(10-12)25-7-8-26-17/h3-6,9-11H,7-8H2,1-2H3,(H,21,22)/t11-/m0/s1. The van der Waals surface area contributed by atoms with Crippen molar-refractivity contribution in [1.29, 1.82) is 0 Å². The van der Waals surface area contributed by atoms with Crippen LogP contribution in [0.15, 0.2) is 36.4 Å². The van der Waals surface area contributed by atoms with E-state index in [2.05, 4.69) is 5.32 Å². The molecule has 2 aromatic carbocycles. The van der Waals surface area contributed by atoms with Crippen LogP contribution in [0.3, 0.4) is 0 Å². The lowest BCUT2D eigenvalue weighted by molar-refractivity contribution is -0.123. The lowest BCUT2D eigenvalue weighted by atomic mass is 10.1. The molecule has 0 bridgehead atoms. The number of benzene rings is 2. The van der Waals surface area contributed by atoms with Crippen molar-refractivity contribution in [2.45, 2.75) is 13.0 Å². The van der Waals surface area contributed by atoms with Gasteiger partial charge in [0.2, 0.25) is 5.75 Å². The molecule has 3 rings (SSSR count). The third kappa shape index (κ3) is 4.43. The Morgan fingerprint density at radius 1 is 1.15 bits per heavy atom. The Balaban J connectivity index is 1.69. The summed E-state index contributed by atoms with van der Waals surface area (Å²) < 4.78 is 21.5. The number of hydrogen-bond donors (Lipinski definition) is 1. The number of anilines is 1. The summed E-state index contributed by atoms with van der Waals surface area (Å²) in [5.74, 6) is 0.0521. The van der Waals surface area contributed by atoms with E-state index in [-0.39, 0.29) is 5.56 Å². The molecular formula is C19H18ClNO6. The summed E-state index contributed by atoms with van der Waals surface area (Å²) in [5, 5.41) is 3.21. The van der Waals surface area contributed by atoms with E-state index in [1.165, 1.54) is 26.2 Å². The Morgan fingerprint density at radius 3 is 2.56 bits per heavy atom. The Labute approximate surface area is 161 Å². The topological polar surface area (TPSA) is 83.1 Å². The number of carbonyl (C=O) groups excluding carboxylic acids is 2. The van der Waals surface area contributed by atoms with E-state index in [9.17, 15) is 9.59 Å². The summed E-state index contributed by atoms with van der Waals surface area (Å²) in [6.45, 7) is 2.25. The molecule has 0 radical (unpaired) electrons. The van der Waals surface area contributed by atoms with Gasteiger partial charge in [0.05, 0.1) is 12.7 Å². The molecule has 27 heavy (non-hydrogen) atoms. The van der Waals surface area contributed by atoms with Gasteiger partial charge < -0.3 is 24.3 Å². The van der Waals surface area contributed by atoms with Crippen LogP contribution >= 0.6 is 11.6 Å². The average Bonchev–Trinajstić information content (AvgIpc) is 2.68. The summed E-state index contributed by atoms with van der Waals surface area (Å²) in [5.41, 5.74) is 0.746. The number of esters is 1. The van der Waals surface area contributed by atoms with Crippen LogP contribution in [0.25, 0.3) is 0 Å². The second-order valence-electron chi connectivity index (χ2n) is 5.75. The number of ether oxygens (including phenoxy) is 4. The summed E-state index contributed by atoms with van der Waals surface area (Å²) >= 11 is 5.81. The molecule has 1 aliphatic heterocycles. The third-order valence-corrected chi connectivity index (χ3v) is 4.08. The smallest absolute Gasteiger partial charge is 0.339 e. The van der Waals surface area contributed by atoms with Gasteiger partial charge in [-0.05, 0) is 43.3 Å². The van der Waals surface area contributed by atoms with E-state index >= 15 is 0 Å². The van der Waals surface area contributed by atoms with Gasteiger partial charge in [-0.3, -0.25) is 4.79 Å². The van der Waals surface area contributed by atoms with Crippen molar-refractivity contribution in [2.24, 2.45) is 0 Å². The van der Waals surface area contributed by atoms with Crippen molar-refractivity contribution in [3.63, 3.8) is 0 Å². The zero-order valence-electron chi connectivity index (χ0n) is 14.8. The quantitative estimate of drug-likeness (QED) is 0.787. The second-order valence-corrected chi connectivity index (χ2v) is 6.18. The van der Waals surface area contributed by atoms with E-state index in [1.54, 1.807) is 24.3 Å². The zero-order valence-corrected chi connectivity index (χ0v) is 15.5. The van der Waals surface area contributed by atoms with Crippen LogP contribution in [-0.4, -0.2) is 38.3 Å². The molecule has 0 saturated heterocycles. The predicted octanol–water partition coefficient (Wildman–Crippen LogP) is 3.30. The predicted molar refractivity (Wildman–Crippen MR) is 98.9 cm³/mol. The summed E-state index contributed by atoms with van der Waals surface area (Å²) in [6, 6.07) is 9.59. The van der Waals surface area contributed by atoms with Crippen molar-refractivity contribution in [3.8, 4) is 17.2 Å². The van der Waals surface area contributed by atoms with Gasteiger partial charge in [0, 0.05) is 10.7 Å². The molecule has 8 heteroatoms. The second kappa shape index (κ2) is 8.18. The Bertz CT molecular complexity index is 835. The van der Waals surface area contributed by atoms with E-state index in [0.29, 0.717) is 41.2 Å².